The third-order valence-corrected chi connectivity index (χ3v) is 2.00. The number of unbranched alkanes of at least 4 members (excludes halogenated alkanes) is 1. The number of aliphatic carboxylic acids is 6. The van der Waals surface area contributed by atoms with Crippen molar-refractivity contribution in [1.29, 1.82) is 0 Å². The van der Waals surface area contributed by atoms with Crippen LogP contribution >= 0.6 is 0 Å². The van der Waals surface area contributed by atoms with E-state index in [4.69, 9.17) is 50.1 Å². The van der Waals surface area contributed by atoms with Gasteiger partial charge in [0.25, 0.3) is 18.4 Å². The molecule has 0 saturated heterocycles. The van der Waals surface area contributed by atoms with Gasteiger partial charge in [0.15, 0.2) is 0 Å². The van der Waals surface area contributed by atoms with Crippen molar-refractivity contribution in [3.05, 3.63) is 0 Å². The number of carboxylic acid groups (broad SMARTS) is 7. The molecule has 0 rings (SSSR count). The Morgan fingerprint density at radius 1 is 0.585 bits per heavy atom. The van der Waals surface area contributed by atoms with Crippen molar-refractivity contribution >= 4 is 42.3 Å². The van der Waals surface area contributed by atoms with Crippen molar-refractivity contribution in [3.63, 3.8) is 0 Å². The first-order valence-corrected chi connectivity index (χ1v) is 10.2. The Hall–Kier alpha value is -0.593. The van der Waals surface area contributed by atoms with Crippen LogP contribution < -0.4 is 0 Å². The molecular weight excluding hydrogens is 806 g/mol. The Labute approximate surface area is 304 Å². The van der Waals surface area contributed by atoms with Crippen LogP contribution in [0.25, 0.3) is 0 Å². The molecule has 0 aliphatic carbocycles. The van der Waals surface area contributed by atoms with Crippen molar-refractivity contribution in [2.24, 2.45) is 5.92 Å². The molecule has 0 unspecified atom stereocenters. The van der Waals surface area contributed by atoms with Crippen LogP contribution in [0.5, 0.6) is 0 Å². The Balaban J connectivity index is -0.0000000201. The zero-order valence-electron chi connectivity index (χ0n) is 23.7. The first-order chi connectivity index (χ1) is 15.8. The largest absolute Gasteiger partial charge is 0.483 e. The predicted octanol–water partition coefficient (Wildman–Crippen LogP) is 3.21. The molecule has 0 saturated carbocycles. The zero-order valence-corrected chi connectivity index (χ0v) is 30.7. The smallest absolute Gasteiger partial charge is 0.305 e. The molecule has 20 heteroatoms. The van der Waals surface area contributed by atoms with Gasteiger partial charge in [-0.05, 0) is 12.8 Å². The van der Waals surface area contributed by atoms with E-state index in [1.807, 2.05) is 13.8 Å². The minimum absolute atomic E-state index is 0. The fraction of sp³-hybridized carbons (Fsp3) is 0.667. The SMILES string of the molecule is CC(=O)O.CC(=O)O.CC(C)C(=O)O.CCC(=O)O.CCCC(=O)O.CCCCC(=O)O.O=CO.[Mn].[Mn].[Mn].[Mn].[Mn].[Mn]. The molecule has 0 heterocycles. The molecule has 0 aromatic carbocycles. The molecule has 0 atom stereocenters. The number of carbonyl (C=O) groups is 7. The average Bonchev–Trinajstić information content (AvgIpc) is 2.67. The van der Waals surface area contributed by atoms with Gasteiger partial charge in [-0.3, -0.25) is 33.6 Å². The second-order valence-corrected chi connectivity index (χ2v) is 6.02. The van der Waals surface area contributed by atoms with Gasteiger partial charge in [-0.15, -0.1) is 0 Å². The van der Waals surface area contributed by atoms with Gasteiger partial charge < -0.3 is 35.7 Å². The van der Waals surface area contributed by atoms with E-state index in [9.17, 15) is 19.2 Å². The van der Waals surface area contributed by atoms with Gasteiger partial charge in [0.05, 0.1) is 5.92 Å². The molecule has 0 fully saturated rings. The molecule has 0 spiro atoms. The van der Waals surface area contributed by atoms with E-state index in [1.54, 1.807) is 20.8 Å². The Bertz CT molecular complexity index is 547. The molecule has 0 aromatic heterocycles. The average molecular weight is 848 g/mol. The van der Waals surface area contributed by atoms with Gasteiger partial charge in [0, 0.05) is 136 Å². The first-order valence-electron chi connectivity index (χ1n) is 10.2. The van der Waals surface area contributed by atoms with E-state index >= 15 is 0 Å². The minimum atomic E-state index is -0.833. The molecule has 41 heavy (non-hydrogen) atoms. The van der Waals surface area contributed by atoms with Crippen molar-refractivity contribution in [2.45, 2.75) is 87.0 Å². The number of hydrogen-bond donors (Lipinski definition) is 7. The van der Waals surface area contributed by atoms with Crippen LogP contribution in [0.2, 0.25) is 0 Å². The topological polar surface area (TPSA) is 261 Å². The Kier molecular flexibility index (Phi) is 158. The zero-order chi connectivity index (χ0) is 30.0. The maximum absolute atomic E-state index is 9.76. The second kappa shape index (κ2) is 77.4. The van der Waals surface area contributed by atoms with E-state index in [0.717, 1.165) is 33.1 Å². The number of carboxylic acids is 6. The first kappa shape index (κ1) is 83.5. The molecule has 0 aliphatic heterocycles. The van der Waals surface area contributed by atoms with Crippen LogP contribution in [0.1, 0.15) is 87.0 Å². The number of hydrogen-bond acceptors (Lipinski definition) is 7. The molecule has 0 amide bonds. The van der Waals surface area contributed by atoms with Crippen LogP contribution in [0.15, 0.2) is 0 Å². The van der Waals surface area contributed by atoms with E-state index in [-0.39, 0.29) is 121 Å². The van der Waals surface area contributed by atoms with Gasteiger partial charge in [-0.2, -0.15) is 0 Å². The quantitative estimate of drug-likeness (QED) is 0.143. The van der Waals surface area contributed by atoms with Gasteiger partial charge >= 0.3 is 23.9 Å². The normalized spacial score (nSPS) is 6.44. The van der Waals surface area contributed by atoms with Crippen molar-refractivity contribution in [3.8, 4) is 0 Å². The maximum atomic E-state index is 9.76. The number of rotatable bonds is 7. The van der Waals surface area contributed by atoms with E-state index in [2.05, 4.69) is 0 Å². The summed E-state index contributed by atoms with van der Waals surface area (Å²) in [4.78, 5) is 64.8. The molecule has 7 N–H and O–H groups in total. The van der Waals surface area contributed by atoms with Crippen LogP contribution in [-0.2, 0) is 136 Å². The molecular formula is C21H42Mn6O14. The predicted molar refractivity (Wildman–Crippen MR) is 125 cm³/mol. The van der Waals surface area contributed by atoms with Crippen LogP contribution in [-0.4, -0.2) is 78.0 Å². The summed E-state index contributed by atoms with van der Waals surface area (Å²) in [6.07, 6.45) is 3.33. The van der Waals surface area contributed by atoms with Crippen molar-refractivity contribution < 1.29 is 172 Å². The summed E-state index contributed by atoms with van der Waals surface area (Å²) < 4.78 is 0. The van der Waals surface area contributed by atoms with Crippen molar-refractivity contribution in [1.82, 2.24) is 0 Å². The molecule has 0 aromatic rings. The summed E-state index contributed by atoms with van der Waals surface area (Å²) in [6.45, 7) is 10.6. The van der Waals surface area contributed by atoms with E-state index < -0.39 is 35.8 Å². The molecule has 0 aliphatic rings. The minimum Gasteiger partial charge on any atom is -0.483 e. The monoisotopic (exact) mass is 848 g/mol. The summed E-state index contributed by atoms with van der Waals surface area (Å²) in [5.41, 5.74) is 0. The third kappa shape index (κ3) is 358. The van der Waals surface area contributed by atoms with Crippen LogP contribution in [0.4, 0.5) is 0 Å². The maximum Gasteiger partial charge on any atom is 0.305 e. The molecule has 0 bridgehead atoms. The van der Waals surface area contributed by atoms with Gasteiger partial charge in [-0.1, -0.05) is 41.0 Å². The van der Waals surface area contributed by atoms with E-state index in [1.165, 1.54) is 0 Å². The summed E-state index contributed by atoms with van der Waals surface area (Å²) >= 11 is 0. The molecule has 14 nitrogen and oxygen atoms in total. The standard InChI is InChI=1S/C5H10O2.2C4H8O2.C3H6O2.2C2H4O2.CH2O2.6Mn/c1-2-3-4-5(6)7;1-3(2)4(5)6;1-2-3-4(5)6;1-2-3(4)5;2*1-2(3)4;2-1-3;;;;;;/h2-4H2,1H3,(H,6,7);3H,1-2H3,(H,5,6);2-3H2,1H3,(H,5,6);2H2,1H3,(H,4,5);2*1H3,(H,3,4);1H,(H,2,3);;;;;;. The summed E-state index contributed by atoms with van der Waals surface area (Å²) in [5.74, 6) is -4.79. The van der Waals surface area contributed by atoms with Crippen molar-refractivity contribution in [2.75, 3.05) is 0 Å². The van der Waals surface area contributed by atoms with Crippen LogP contribution in [0, 0.1) is 5.92 Å². The summed E-state index contributed by atoms with van der Waals surface area (Å²) in [6, 6.07) is 0. The fourth-order valence-electron chi connectivity index (χ4n) is 0.542. The van der Waals surface area contributed by atoms with Gasteiger partial charge in [0.2, 0.25) is 0 Å². The Morgan fingerprint density at radius 3 is 0.805 bits per heavy atom. The summed E-state index contributed by atoms with van der Waals surface area (Å²) in [7, 11) is 0. The third-order valence-electron chi connectivity index (χ3n) is 2.00. The Morgan fingerprint density at radius 2 is 0.780 bits per heavy atom. The molecule has 6 radical (unpaired) electrons. The van der Waals surface area contributed by atoms with E-state index in [0.29, 0.717) is 12.8 Å². The molecule has 252 valence electrons. The van der Waals surface area contributed by atoms with Gasteiger partial charge in [0.1, 0.15) is 0 Å². The fourth-order valence-corrected chi connectivity index (χ4v) is 0.542. The van der Waals surface area contributed by atoms with Crippen LogP contribution in [0.3, 0.4) is 0 Å². The summed E-state index contributed by atoms with van der Waals surface area (Å²) in [5, 5.41) is 53.4. The van der Waals surface area contributed by atoms with Gasteiger partial charge in [-0.25, -0.2) is 0 Å². The second-order valence-electron chi connectivity index (χ2n) is 6.02.